The van der Waals surface area contributed by atoms with Crippen molar-refractivity contribution in [3.05, 3.63) is 98.5 Å². The first-order chi connectivity index (χ1) is 16.7. The Kier molecular flexibility index (Phi) is 6.99. The molecule has 1 heterocycles. The second-order valence-electron chi connectivity index (χ2n) is 7.41. The van der Waals surface area contributed by atoms with Gasteiger partial charge in [0.1, 0.15) is 17.9 Å². The molecule has 2 N–H and O–H groups in total. The van der Waals surface area contributed by atoms with E-state index in [9.17, 15) is 19.2 Å². The van der Waals surface area contributed by atoms with Crippen molar-refractivity contribution in [2.75, 3.05) is 4.90 Å². The van der Waals surface area contributed by atoms with Gasteiger partial charge in [-0.3, -0.25) is 14.9 Å². The number of rotatable bonds is 6. The molecule has 10 heteroatoms. The van der Waals surface area contributed by atoms with Crippen molar-refractivity contribution in [1.29, 1.82) is 0 Å². The van der Waals surface area contributed by atoms with Crippen LogP contribution < -0.4 is 15.0 Å². The highest BCUT2D eigenvalue weighted by molar-refractivity contribution is 9.10. The van der Waals surface area contributed by atoms with Gasteiger partial charge in [0.15, 0.2) is 0 Å². The van der Waals surface area contributed by atoms with E-state index in [1.165, 1.54) is 42.5 Å². The Hall–Kier alpha value is -3.95. The molecule has 0 radical (unpaired) electrons. The molecule has 0 aliphatic carbocycles. The maximum absolute atomic E-state index is 13.1. The summed E-state index contributed by atoms with van der Waals surface area (Å²) in [5.41, 5.74) is 1.30. The molecule has 3 aromatic rings. The lowest BCUT2D eigenvalue weighted by atomic mass is 10.1. The van der Waals surface area contributed by atoms with Crippen molar-refractivity contribution in [1.82, 2.24) is 5.32 Å². The van der Waals surface area contributed by atoms with Crippen LogP contribution in [0.3, 0.4) is 0 Å². The van der Waals surface area contributed by atoms with Crippen molar-refractivity contribution >= 4 is 63.1 Å². The largest absolute Gasteiger partial charge is 0.488 e. The summed E-state index contributed by atoms with van der Waals surface area (Å²) in [6, 6.07) is 16.5. The monoisotopic (exact) mass is 554 g/mol. The zero-order valence-corrected chi connectivity index (χ0v) is 20.2. The van der Waals surface area contributed by atoms with Crippen LogP contribution in [0.4, 0.5) is 10.5 Å². The molecule has 176 valence electrons. The molecule has 3 aromatic carbocycles. The van der Waals surface area contributed by atoms with Gasteiger partial charge in [-0.05, 0) is 66.2 Å². The lowest BCUT2D eigenvalue weighted by Gasteiger charge is -2.26. The first kappa shape index (κ1) is 24.2. The highest BCUT2D eigenvalue weighted by Gasteiger charge is 2.37. The van der Waals surface area contributed by atoms with Gasteiger partial charge in [-0.25, -0.2) is 14.5 Å². The van der Waals surface area contributed by atoms with Crippen molar-refractivity contribution in [3.63, 3.8) is 0 Å². The van der Waals surface area contributed by atoms with Crippen molar-refractivity contribution in [2.45, 2.75) is 6.61 Å². The van der Waals surface area contributed by atoms with E-state index in [-0.39, 0.29) is 23.4 Å². The summed E-state index contributed by atoms with van der Waals surface area (Å²) >= 11 is 9.27. The van der Waals surface area contributed by atoms with Crippen LogP contribution in [-0.2, 0) is 16.2 Å². The Bertz CT molecular complexity index is 1370. The summed E-state index contributed by atoms with van der Waals surface area (Å²) < 4.78 is 6.56. The number of barbiturate groups is 1. The number of imide groups is 2. The van der Waals surface area contributed by atoms with E-state index in [0.717, 1.165) is 10.5 Å². The highest BCUT2D eigenvalue weighted by Crippen LogP contribution is 2.29. The number of nitrogens with zero attached hydrogens (tertiary/aromatic N) is 1. The third kappa shape index (κ3) is 5.42. The van der Waals surface area contributed by atoms with E-state index in [1.807, 2.05) is 0 Å². The molecule has 0 bridgehead atoms. The number of ether oxygens (including phenoxy) is 1. The summed E-state index contributed by atoms with van der Waals surface area (Å²) in [6.07, 6.45) is 1.35. The van der Waals surface area contributed by atoms with Crippen LogP contribution in [0.2, 0.25) is 5.02 Å². The summed E-state index contributed by atoms with van der Waals surface area (Å²) in [7, 11) is 0. The van der Waals surface area contributed by atoms with Crippen LogP contribution in [0.15, 0.2) is 76.8 Å². The van der Waals surface area contributed by atoms with Gasteiger partial charge in [0, 0.05) is 15.1 Å². The van der Waals surface area contributed by atoms with Crippen LogP contribution in [0, 0.1) is 0 Å². The van der Waals surface area contributed by atoms with Crippen molar-refractivity contribution in [3.8, 4) is 5.75 Å². The fourth-order valence-electron chi connectivity index (χ4n) is 3.31. The molecule has 1 saturated heterocycles. The number of carbonyl (C=O) groups excluding carboxylic acids is 3. The molecular formula is C25H16BrClN2O6. The van der Waals surface area contributed by atoms with Crippen molar-refractivity contribution in [2.24, 2.45) is 0 Å². The molecule has 0 spiro atoms. The average molecular weight is 556 g/mol. The summed E-state index contributed by atoms with van der Waals surface area (Å²) in [5.74, 6) is -2.28. The minimum absolute atomic E-state index is 0.118. The zero-order valence-electron chi connectivity index (χ0n) is 17.8. The molecular weight excluding hydrogens is 540 g/mol. The second-order valence-corrected chi connectivity index (χ2v) is 8.76. The number of hydrogen-bond donors (Lipinski definition) is 2. The third-order valence-electron chi connectivity index (χ3n) is 5.05. The number of anilines is 1. The van der Waals surface area contributed by atoms with E-state index in [0.29, 0.717) is 20.8 Å². The minimum atomic E-state index is -1.03. The Morgan fingerprint density at radius 1 is 1.03 bits per heavy atom. The molecule has 0 unspecified atom stereocenters. The smallest absolute Gasteiger partial charge is 0.335 e. The van der Waals surface area contributed by atoms with Gasteiger partial charge in [-0.2, -0.15) is 0 Å². The lowest BCUT2D eigenvalue weighted by Crippen LogP contribution is -2.54. The zero-order chi connectivity index (χ0) is 25.1. The maximum Gasteiger partial charge on any atom is 0.335 e. The van der Waals surface area contributed by atoms with Gasteiger partial charge in [0.05, 0.1) is 11.3 Å². The highest BCUT2D eigenvalue weighted by atomic mass is 79.9. The van der Waals surface area contributed by atoms with E-state index >= 15 is 0 Å². The maximum atomic E-state index is 13.1. The number of carboxylic acids is 1. The van der Waals surface area contributed by atoms with Gasteiger partial charge >= 0.3 is 12.0 Å². The molecule has 1 aliphatic heterocycles. The number of nitrogens with one attached hydrogen (secondary N) is 1. The van der Waals surface area contributed by atoms with Crippen LogP contribution in [-0.4, -0.2) is 28.9 Å². The number of hydrogen-bond acceptors (Lipinski definition) is 5. The standard InChI is InChI=1S/C25H16BrClN2O6/c26-17-5-10-21(35-13-14-1-3-15(4-2-14)24(32)33)16(11-17)12-20-22(30)28-25(34)29(23(20)31)19-8-6-18(27)7-9-19/h1-12H,13H2,(H,32,33)(H,28,30,34)/b20-12+. The summed E-state index contributed by atoms with van der Waals surface area (Å²) in [4.78, 5) is 50.0. The number of halogens is 2. The van der Waals surface area contributed by atoms with E-state index in [4.69, 9.17) is 21.4 Å². The quantitative estimate of drug-likeness (QED) is 0.325. The van der Waals surface area contributed by atoms with E-state index < -0.39 is 23.8 Å². The van der Waals surface area contributed by atoms with Gasteiger partial charge in [0.2, 0.25) is 0 Å². The number of carboxylic acid groups (broad SMARTS) is 1. The minimum Gasteiger partial charge on any atom is -0.488 e. The number of carbonyl (C=O) groups is 4. The van der Waals surface area contributed by atoms with Crippen LogP contribution in [0.25, 0.3) is 6.08 Å². The van der Waals surface area contributed by atoms with E-state index in [1.54, 1.807) is 30.3 Å². The Morgan fingerprint density at radius 2 is 1.71 bits per heavy atom. The second kappa shape index (κ2) is 10.1. The van der Waals surface area contributed by atoms with Gasteiger partial charge in [-0.15, -0.1) is 0 Å². The lowest BCUT2D eigenvalue weighted by molar-refractivity contribution is -0.122. The Balaban J connectivity index is 1.63. The molecule has 1 aliphatic rings. The SMILES string of the molecule is O=C1NC(=O)N(c2ccc(Cl)cc2)C(=O)/C1=C/c1cc(Br)ccc1OCc1ccc(C(=O)O)cc1. The fraction of sp³-hybridized carbons (Fsp3) is 0.0400. The van der Waals surface area contributed by atoms with Crippen molar-refractivity contribution < 1.29 is 29.0 Å². The summed E-state index contributed by atoms with van der Waals surface area (Å²) in [6.45, 7) is 0.118. The van der Waals surface area contributed by atoms with Gasteiger partial charge in [0.25, 0.3) is 11.8 Å². The number of urea groups is 1. The number of aromatic carboxylic acids is 1. The normalized spacial score (nSPS) is 14.7. The molecule has 1 fully saturated rings. The molecule has 8 nitrogen and oxygen atoms in total. The summed E-state index contributed by atoms with van der Waals surface area (Å²) in [5, 5.41) is 11.6. The van der Waals surface area contributed by atoms with Crippen LogP contribution in [0.5, 0.6) is 5.75 Å². The molecule has 0 saturated carbocycles. The van der Waals surface area contributed by atoms with Gasteiger partial charge in [-0.1, -0.05) is 39.7 Å². The molecule has 4 amide bonds. The first-order valence-corrected chi connectivity index (χ1v) is 11.3. The first-order valence-electron chi connectivity index (χ1n) is 10.1. The Labute approximate surface area is 212 Å². The predicted octanol–water partition coefficient (Wildman–Crippen LogP) is 5.05. The van der Waals surface area contributed by atoms with Gasteiger partial charge < -0.3 is 9.84 Å². The van der Waals surface area contributed by atoms with Crippen LogP contribution in [0.1, 0.15) is 21.5 Å². The van der Waals surface area contributed by atoms with Crippen LogP contribution >= 0.6 is 27.5 Å². The Morgan fingerprint density at radius 3 is 2.37 bits per heavy atom. The molecule has 4 rings (SSSR count). The third-order valence-corrected chi connectivity index (χ3v) is 5.80. The topological polar surface area (TPSA) is 113 Å². The number of amides is 4. The average Bonchev–Trinajstić information content (AvgIpc) is 2.82. The molecule has 0 aromatic heterocycles. The van der Waals surface area contributed by atoms with E-state index in [2.05, 4.69) is 21.2 Å². The predicted molar refractivity (Wildman–Crippen MR) is 132 cm³/mol. The fourth-order valence-corrected chi connectivity index (χ4v) is 3.81. The molecule has 35 heavy (non-hydrogen) atoms. The number of benzene rings is 3. The molecule has 0 atom stereocenters.